The van der Waals surface area contributed by atoms with E-state index in [1.165, 1.54) is 6.92 Å². The Morgan fingerprint density at radius 2 is 2.11 bits per heavy atom. The van der Waals surface area contributed by atoms with Crippen LogP contribution in [0.25, 0.3) is 0 Å². The Morgan fingerprint density at radius 3 is 2.74 bits per heavy atom. The van der Waals surface area contributed by atoms with E-state index in [0.29, 0.717) is 12.2 Å². The lowest BCUT2D eigenvalue weighted by Gasteiger charge is -2.58. The molecule has 0 amide bonds. The molecule has 2 aliphatic rings. The molecule has 148 valence electrons. The van der Waals surface area contributed by atoms with Crippen LogP contribution in [-0.4, -0.2) is 23.7 Å². The summed E-state index contributed by atoms with van der Waals surface area (Å²) >= 11 is 0. The highest BCUT2D eigenvalue weighted by Crippen LogP contribution is 2.62. The number of ether oxygens (including phenoxy) is 1. The molecule has 0 saturated heterocycles. The Kier molecular flexibility index (Phi) is 5.50. The summed E-state index contributed by atoms with van der Waals surface area (Å²) in [5.74, 6) is -0.560. The summed E-state index contributed by atoms with van der Waals surface area (Å²) < 4.78 is 10.6. The molecule has 0 radical (unpaired) electrons. The van der Waals surface area contributed by atoms with Gasteiger partial charge in [-0.25, -0.2) is 4.79 Å². The van der Waals surface area contributed by atoms with Crippen molar-refractivity contribution in [3.8, 4) is 0 Å². The molecule has 5 nitrogen and oxygen atoms in total. The predicted molar refractivity (Wildman–Crippen MR) is 101 cm³/mol. The first kappa shape index (κ1) is 19.7. The Labute approximate surface area is 160 Å². The number of aryl methyl sites for hydroxylation is 1. The minimum Gasteiger partial charge on any atom is -0.478 e. The van der Waals surface area contributed by atoms with Crippen LogP contribution in [-0.2, 0) is 20.7 Å². The molecule has 27 heavy (non-hydrogen) atoms. The van der Waals surface area contributed by atoms with Gasteiger partial charge in [-0.1, -0.05) is 19.9 Å². The van der Waals surface area contributed by atoms with Gasteiger partial charge in [-0.2, -0.15) is 0 Å². The first-order valence-corrected chi connectivity index (χ1v) is 9.86. The Hall–Kier alpha value is -2.04. The molecule has 1 heterocycles. The number of rotatable bonds is 6. The van der Waals surface area contributed by atoms with Gasteiger partial charge >= 0.3 is 11.9 Å². The van der Waals surface area contributed by atoms with Crippen LogP contribution in [0.5, 0.6) is 0 Å². The van der Waals surface area contributed by atoms with Crippen LogP contribution in [0.3, 0.4) is 0 Å². The molecule has 1 N–H and O–H groups in total. The minimum absolute atomic E-state index is 0.103. The third-order valence-electron chi connectivity index (χ3n) is 7.18. The number of hydrogen-bond donors (Lipinski definition) is 1. The zero-order valence-electron chi connectivity index (χ0n) is 16.5. The van der Waals surface area contributed by atoms with Gasteiger partial charge in [0.25, 0.3) is 0 Å². The van der Waals surface area contributed by atoms with Crippen molar-refractivity contribution in [2.75, 3.05) is 6.61 Å². The van der Waals surface area contributed by atoms with Gasteiger partial charge in [-0.05, 0) is 67.4 Å². The molecule has 0 aliphatic heterocycles. The average molecular weight is 374 g/mol. The van der Waals surface area contributed by atoms with E-state index in [-0.39, 0.29) is 28.6 Å². The number of fused-ring (bicyclic) bond motifs is 1. The fraction of sp³-hybridized carbons (Fsp3) is 0.636. The topological polar surface area (TPSA) is 76.7 Å². The molecule has 1 aromatic heterocycles. The number of hydrogen-bond acceptors (Lipinski definition) is 4. The van der Waals surface area contributed by atoms with Gasteiger partial charge in [0.05, 0.1) is 19.1 Å². The van der Waals surface area contributed by atoms with Crippen LogP contribution in [0.4, 0.5) is 0 Å². The van der Waals surface area contributed by atoms with Crippen molar-refractivity contribution in [3.63, 3.8) is 0 Å². The third kappa shape index (κ3) is 3.69. The molecule has 2 aliphatic carbocycles. The van der Waals surface area contributed by atoms with E-state index < -0.39 is 5.97 Å². The quantitative estimate of drug-likeness (QED) is 0.735. The fourth-order valence-corrected chi connectivity index (χ4v) is 5.64. The van der Waals surface area contributed by atoms with Crippen LogP contribution >= 0.6 is 0 Å². The van der Waals surface area contributed by atoms with Gasteiger partial charge in [-0.3, -0.25) is 4.79 Å². The van der Waals surface area contributed by atoms with Crippen molar-refractivity contribution in [2.24, 2.45) is 22.7 Å². The van der Waals surface area contributed by atoms with Gasteiger partial charge in [0, 0.05) is 17.9 Å². The van der Waals surface area contributed by atoms with Crippen molar-refractivity contribution in [2.45, 2.75) is 59.3 Å². The van der Waals surface area contributed by atoms with Gasteiger partial charge in [0.2, 0.25) is 0 Å². The summed E-state index contributed by atoms with van der Waals surface area (Å²) in [4.78, 5) is 23.3. The molecule has 3 rings (SSSR count). The van der Waals surface area contributed by atoms with Gasteiger partial charge in [-0.15, -0.1) is 0 Å². The molecule has 0 bridgehead atoms. The lowest BCUT2D eigenvalue weighted by atomic mass is 9.46. The SMILES string of the molecule is CC(=O)OC[C@@H]1CC[C@@]2(C)C(C(=O)O)=CCC[C@@H]2[C@]1(C)CCc1ccoc1. The molecule has 1 saturated carbocycles. The highest BCUT2D eigenvalue weighted by Gasteiger charge is 2.56. The number of carboxylic acid groups (broad SMARTS) is 1. The number of esters is 1. The number of allylic oxidation sites excluding steroid dienone is 1. The minimum atomic E-state index is -0.794. The number of carbonyl (C=O) groups excluding carboxylic acids is 1. The van der Waals surface area contributed by atoms with E-state index in [4.69, 9.17) is 9.15 Å². The second-order valence-electron chi connectivity index (χ2n) is 8.65. The highest BCUT2D eigenvalue weighted by atomic mass is 16.5. The Balaban J connectivity index is 1.91. The van der Waals surface area contributed by atoms with Crippen LogP contribution in [0, 0.1) is 22.7 Å². The molecule has 0 spiro atoms. The first-order chi connectivity index (χ1) is 12.8. The maximum Gasteiger partial charge on any atom is 0.331 e. The zero-order valence-corrected chi connectivity index (χ0v) is 16.5. The summed E-state index contributed by atoms with van der Waals surface area (Å²) in [6.45, 7) is 6.25. The molecule has 4 atom stereocenters. The molecule has 1 fully saturated rings. The van der Waals surface area contributed by atoms with E-state index in [1.807, 2.05) is 12.1 Å². The average Bonchev–Trinajstić information content (AvgIpc) is 3.12. The molecule has 0 unspecified atom stereocenters. The second kappa shape index (κ2) is 7.53. The summed E-state index contributed by atoms with van der Waals surface area (Å²) in [5, 5.41) is 9.78. The summed E-state index contributed by atoms with van der Waals surface area (Å²) in [6.07, 6.45) is 10.6. The van der Waals surface area contributed by atoms with Crippen molar-refractivity contribution in [1.82, 2.24) is 0 Å². The second-order valence-corrected chi connectivity index (χ2v) is 8.65. The molecular weight excluding hydrogens is 344 g/mol. The van der Waals surface area contributed by atoms with Gasteiger partial charge in [0.1, 0.15) is 0 Å². The highest BCUT2D eigenvalue weighted by molar-refractivity contribution is 5.88. The number of carboxylic acids is 1. The van der Waals surface area contributed by atoms with Gasteiger partial charge in [0.15, 0.2) is 0 Å². The lowest BCUT2D eigenvalue weighted by molar-refractivity contribution is -0.149. The standard InChI is InChI=1S/C22H30O5/c1-15(23)27-14-17-8-11-22(3)18(20(24)25)5-4-6-19(22)21(17,2)10-7-16-9-12-26-13-16/h5,9,12-13,17,19H,4,6-8,10-11,14H2,1-3H3,(H,24,25)/t17-,19+,21+,22-/m0/s1. The third-order valence-corrected chi connectivity index (χ3v) is 7.18. The van der Waals surface area contributed by atoms with Crippen LogP contribution in [0.15, 0.2) is 34.7 Å². The van der Waals surface area contributed by atoms with Crippen LogP contribution < -0.4 is 0 Å². The number of carbonyl (C=O) groups is 2. The predicted octanol–water partition coefficient (Wildman–Crippen LogP) is 4.62. The maximum atomic E-state index is 11.9. The van der Waals surface area contributed by atoms with E-state index in [2.05, 4.69) is 13.8 Å². The molecule has 0 aromatic carbocycles. The smallest absolute Gasteiger partial charge is 0.331 e. The summed E-state index contributed by atoms with van der Waals surface area (Å²) in [6, 6.07) is 1.98. The number of furan rings is 1. The lowest BCUT2D eigenvalue weighted by Crippen LogP contribution is -2.53. The van der Waals surface area contributed by atoms with Crippen LogP contribution in [0.2, 0.25) is 0 Å². The first-order valence-electron chi connectivity index (χ1n) is 9.86. The molecule has 5 heteroatoms. The van der Waals surface area contributed by atoms with Crippen molar-refractivity contribution < 1.29 is 23.8 Å². The fourth-order valence-electron chi connectivity index (χ4n) is 5.64. The molecule has 1 aromatic rings. The van der Waals surface area contributed by atoms with E-state index in [0.717, 1.165) is 44.1 Å². The Morgan fingerprint density at radius 1 is 1.33 bits per heavy atom. The zero-order chi connectivity index (χ0) is 19.7. The van der Waals surface area contributed by atoms with Crippen molar-refractivity contribution in [3.05, 3.63) is 35.8 Å². The van der Waals surface area contributed by atoms with Crippen molar-refractivity contribution >= 4 is 11.9 Å². The van der Waals surface area contributed by atoms with E-state index in [9.17, 15) is 14.7 Å². The molecular formula is C22H30O5. The van der Waals surface area contributed by atoms with Crippen molar-refractivity contribution in [1.29, 1.82) is 0 Å². The Bertz CT molecular complexity index is 719. The van der Waals surface area contributed by atoms with Gasteiger partial charge < -0.3 is 14.3 Å². The normalized spacial score (nSPS) is 33.1. The van der Waals surface area contributed by atoms with Crippen LogP contribution in [0.1, 0.15) is 58.4 Å². The number of aliphatic carboxylic acids is 1. The monoisotopic (exact) mass is 374 g/mol. The van der Waals surface area contributed by atoms with E-state index >= 15 is 0 Å². The summed E-state index contributed by atoms with van der Waals surface area (Å²) in [7, 11) is 0. The van der Waals surface area contributed by atoms with E-state index in [1.54, 1.807) is 12.5 Å². The largest absolute Gasteiger partial charge is 0.478 e. The summed E-state index contributed by atoms with van der Waals surface area (Å²) in [5.41, 5.74) is 1.29. The maximum absolute atomic E-state index is 11.9.